The van der Waals surface area contributed by atoms with Gasteiger partial charge in [-0.3, -0.25) is 10.1 Å². The number of amides is 3. The first-order valence-corrected chi connectivity index (χ1v) is 8.22. The van der Waals surface area contributed by atoms with Crippen molar-refractivity contribution in [2.24, 2.45) is 0 Å². The highest BCUT2D eigenvalue weighted by Crippen LogP contribution is 2.13. The quantitative estimate of drug-likeness (QED) is 0.724. The van der Waals surface area contributed by atoms with Gasteiger partial charge in [0.05, 0.1) is 0 Å². The molecule has 3 N–H and O–H groups in total. The summed E-state index contributed by atoms with van der Waals surface area (Å²) in [4.78, 5) is 24.0. The van der Waals surface area contributed by atoms with E-state index in [2.05, 4.69) is 16.0 Å². The molecule has 0 spiro atoms. The topological polar surface area (TPSA) is 70.2 Å². The van der Waals surface area contributed by atoms with Crippen LogP contribution in [0.1, 0.15) is 24.1 Å². The molecule has 0 saturated carbocycles. The molecule has 0 aliphatic carbocycles. The number of imide groups is 1. The van der Waals surface area contributed by atoms with Gasteiger partial charge in [-0.2, -0.15) is 0 Å². The van der Waals surface area contributed by atoms with Crippen LogP contribution in [-0.4, -0.2) is 25.0 Å². The van der Waals surface area contributed by atoms with Crippen molar-refractivity contribution in [3.05, 3.63) is 71.5 Å². The van der Waals surface area contributed by atoms with Gasteiger partial charge in [0.2, 0.25) is 5.91 Å². The number of benzene rings is 2. The minimum Gasteiger partial charge on any atom is -0.338 e. The maximum absolute atomic E-state index is 13.7. The Kier molecular flexibility index (Phi) is 7.10. The van der Waals surface area contributed by atoms with Gasteiger partial charge in [0.1, 0.15) is 11.9 Å². The van der Waals surface area contributed by atoms with Gasteiger partial charge in [-0.15, -0.1) is 0 Å². The molecule has 0 aliphatic heterocycles. The van der Waals surface area contributed by atoms with Gasteiger partial charge < -0.3 is 10.6 Å². The van der Waals surface area contributed by atoms with E-state index in [-0.39, 0.29) is 5.82 Å². The molecule has 0 aromatic heterocycles. The summed E-state index contributed by atoms with van der Waals surface area (Å²) >= 11 is 0. The molecule has 0 aliphatic rings. The third-order valence-electron chi connectivity index (χ3n) is 3.67. The highest BCUT2D eigenvalue weighted by Gasteiger charge is 2.21. The monoisotopic (exact) mass is 343 g/mol. The molecule has 0 unspecified atom stereocenters. The fraction of sp³-hybridized carbons (Fsp3) is 0.263. The second-order valence-corrected chi connectivity index (χ2v) is 5.49. The molecule has 0 bridgehead atoms. The van der Waals surface area contributed by atoms with Crippen molar-refractivity contribution in [3.63, 3.8) is 0 Å². The van der Waals surface area contributed by atoms with Gasteiger partial charge in [-0.05, 0) is 30.5 Å². The van der Waals surface area contributed by atoms with Crippen molar-refractivity contribution < 1.29 is 14.0 Å². The van der Waals surface area contributed by atoms with E-state index in [9.17, 15) is 14.0 Å². The summed E-state index contributed by atoms with van der Waals surface area (Å²) < 4.78 is 13.7. The molecule has 1 atom stereocenters. The van der Waals surface area contributed by atoms with Crippen molar-refractivity contribution in [2.45, 2.75) is 19.4 Å². The van der Waals surface area contributed by atoms with Gasteiger partial charge in [0.15, 0.2) is 0 Å². The predicted octanol–water partition coefficient (Wildman–Crippen LogP) is 2.54. The van der Waals surface area contributed by atoms with Crippen molar-refractivity contribution in [1.29, 1.82) is 0 Å². The van der Waals surface area contributed by atoms with Crippen molar-refractivity contribution >= 4 is 11.9 Å². The van der Waals surface area contributed by atoms with Crippen LogP contribution < -0.4 is 16.0 Å². The first-order chi connectivity index (χ1) is 12.1. The third-order valence-corrected chi connectivity index (χ3v) is 3.67. The molecular formula is C19H22FN3O2. The summed E-state index contributed by atoms with van der Waals surface area (Å²) in [5.41, 5.74) is 1.31. The Bertz CT molecular complexity index is 707. The van der Waals surface area contributed by atoms with Crippen LogP contribution in [0, 0.1) is 5.82 Å². The number of halogens is 1. The highest BCUT2D eigenvalue weighted by molar-refractivity contribution is 5.97. The fourth-order valence-electron chi connectivity index (χ4n) is 2.45. The molecule has 132 valence electrons. The molecule has 2 aromatic carbocycles. The Hall–Kier alpha value is -2.73. The Labute approximate surface area is 146 Å². The van der Waals surface area contributed by atoms with Crippen LogP contribution in [0.25, 0.3) is 0 Å². The minimum atomic E-state index is -0.699. The lowest BCUT2D eigenvalue weighted by Crippen LogP contribution is -2.45. The van der Waals surface area contributed by atoms with Gasteiger partial charge in [0, 0.05) is 13.1 Å². The zero-order valence-corrected chi connectivity index (χ0v) is 14.1. The number of urea groups is 1. The van der Waals surface area contributed by atoms with E-state index < -0.39 is 18.0 Å². The van der Waals surface area contributed by atoms with E-state index >= 15 is 0 Å². The van der Waals surface area contributed by atoms with Crippen LogP contribution in [-0.2, 0) is 11.2 Å². The van der Waals surface area contributed by atoms with Gasteiger partial charge in [0.25, 0.3) is 0 Å². The SMILES string of the molecule is CCNC(=O)NC(=O)[C@@H](NCCc1ccccc1F)c1ccccc1. The molecule has 0 fully saturated rings. The molecular weight excluding hydrogens is 321 g/mol. The van der Waals surface area contributed by atoms with Crippen molar-refractivity contribution in [2.75, 3.05) is 13.1 Å². The van der Waals surface area contributed by atoms with E-state index in [0.29, 0.717) is 25.1 Å². The number of hydrogen-bond donors (Lipinski definition) is 3. The largest absolute Gasteiger partial charge is 0.338 e. The smallest absolute Gasteiger partial charge is 0.321 e. The third kappa shape index (κ3) is 5.69. The van der Waals surface area contributed by atoms with E-state index in [4.69, 9.17) is 0 Å². The van der Waals surface area contributed by atoms with Crippen LogP contribution in [0.4, 0.5) is 9.18 Å². The summed E-state index contributed by atoms with van der Waals surface area (Å²) in [5, 5.41) is 7.94. The Morgan fingerprint density at radius 2 is 1.72 bits per heavy atom. The molecule has 6 heteroatoms. The summed E-state index contributed by atoms with van der Waals surface area (Å²) in [6.45, 7) is 2.59. The highest BCUT2D eigenvalue weighted by atomic mass is 19.1. The first kappa shape index (κ1) is 18.6. The molecule has 3 amide bonds. The minimum absolute atomic E-state index is 0.271. The van der Waals surface area contributed by atoms with Crippen LogP contribution in [0.3, 0.4) is 0 Å². The summed E-state index contributed by atoms with van der Waals surface area (Å²) in [6, 6.07) is 14.4. The number of nitrogens with one attached hydrogen (secondary N) is 3. The zero-order chi connectivity index (χ0) is 18.1. The van der Waals surface area contributed by atoms with Crippen molar-refractivity contribution in [3.8, 4) is 0 Å². The maximum Gasteiger partial charge on any atom is 0.321 e. The molecule has 2 aromatic rings. The van der Waals surface area contributed by atoms with Gasteiger partial charge in [-0.25, -0.2) is 9.18 Å². The molecule has 0 radical (unpaired) electrons. The lowest BCUT2D eigenvalue weighted by Gasteiger charge is -2.18. The van der Waals surface area contributed by atoms with Gasteiger partial charge >= 0.3 is 6.03 Å². The maximum atomic E-state index is 13.7. The predicted molar refractivity (Wildman–Crippen MR) is 94.5 cm³/mol. The molecule has 25 heavy (non-hydrogen) atoms. The van der Waals surface area contributed by atoms with Gasteiger partial charge in [-0.1, -0.05) is 48.5 Å². The van der Waals surface area contributed by atoms with Crippen LogP contribution >= 0.6 is 0 Å². The lowest BCUT2D eigenvalue weighted by molar-refractivity contribution is -0.122. The second kappa shape index (κ2) is 9.54. The summed E-state index contributed by atoms with van der Waals surface area (Å²) in [7, 11) is 0. The lowest BCUT2D eigenvalue weighted by atomic mass is 10.1. The molecule has 5 nitrogen and oxygen atoms in total. The number of carbonyl (C=O) groups is 2. The number of rotatable bonds is 7. The average molecular weight is 343 g/mol. The molecule has 2 rings (SSSR count). The molecule has 0 saturated heterocycles. The van der Waals surface area contributed by atoms with Crippen LogP contribution in [0.5, 0.6) is 0 Å². The standard InChI is InChI=1S/C19H22FN3O2/c1-2-21-19(25)23-18(24)17(15-9-4-3-5-10-15)22-13-12-14-8-6-7-11-16(14)20/h3-11,17,22H,2,12-13H2,1H3,(H2,21,23,24,25)/t17-/m0/s1. The van der Waals surface area contributed by atoms with E-state index in [1.54, 1.807) is 37.3 Å². The first-order valence-electron chi connectivity index (χ1n) is 8.22. The number of carbonyl (C=O) groups excluding carboxylic acids is 2. The Morgan fingerprint density at radius 1 is 1.04 bits per heavy atom. The normalized spacial score (nSPS) is 11.6. The van der Waals surface area contributed by atoms with Crippen LogP contribution in [0.15, 0.2) is 54.6 Å². The second-order valence-electron chi connectivity index (χ2n) is 5.49. The summed E-state index contributed by atoms with van der Waals surface area (Å²) in [6.07, 6.45) is 0.435. The fourth-order valence-corrected chi connectivity index (χ4v) is 2.45. The summed E-state index contributed by atoms with van der Waals surface area (Å²) in [5.74, 6) is -0.724. The average Bonchev–Trinajstić information content (AvgIpc) is 2.61. The Balaban J connectivity index is 2.03. The van der Waals surface area contributed by atoms with Crippen molar-refractivity contribution in [1.82, 2.24) is 16.0 Å². The number of hydrogen-bond acceptors (Lipinski definition) is 3. The Morgan fingerprint density at radius 3 is 2.40 bits per heavy atom. The molecule has 0 heterocycles. The van der Waals surface area contributed by atoms with Crippen LogP contribution in [0.2, 0.25) is 0 Å². The zero-order valence-electron chi connectivity index (χ0n) is 14.1. The van der Waals surface area contributed by atoms with E-state index in [1.807, 2.05) is 18.2 Å². The van der Waals surface area contributed by atoms with E-state index in [1.165, 1.54) is 6.07 Å². The van der Waals surface area contributed by atoms with E-state index in [0.717, 1.165) is 5.56 Å².